The smallest absolute Gasteiger partial charge is 0.338 e. The number of nitrogen functional groups attached to an aromatic ring is 1. The van der Waals surface area contributed by atoms with Crippen molar-refractivity contribution in [1.82, 2.24) is 0 Å². The van der Waals surface area contributed by atoms with Crippen LogP contribution in [-0.4, -0.2) is 23.8 Å². The fourth-order valence-electron chi connectivity index (χ4n) is 1.06. The number of halogens is 1. The Hall–Kier alpha value is -1.26. The molecule has 0 bridgehead atoms. The van der Waals surface area contributed by atoms with E-state index in [-0.39, 0.29) is 6.61 Å². The molecule has 0 aliphatic carbocycles. The van der Waals surface area contributed by atoms with E-state index in [0.717, 1.165) is 0 Å². The number of anilines is 1. The van der Waals surface area contributed by atoms with Gasteiger partial charge in [0.1, 0.15) is 0 Å². The monoisotopic (exact) mass is 243 g/mol. The molecule has 1 rings (SSSR count). The van der Waals surface area contributed by atoms with Gasteiger partial charge in [-0.15, -0.1) is 0 Å². The zero-order valence-electron chi connectivity index (χ0n) is 8.94. The van der Waals surface area contributed by atoms with Crippen LogP contribution in [0.3, 0.4) is 0 Å². The van der Waals surface area contributed by atoms with Gasteiger partial charge < -0.3 is 15.6 Å². The quantitative estimate of drug-likeness (QED) is 0.625. The fourth-order valence-corrected chi connectivity index (χ4v) is 1.24. The summed E-state index contributed by atoms with van der Waals surface area (Å²) < 4.78 is 4.94. The summed E-state index contributed by atoms with van der Waals surface area (Å²) in [5.41, 5.74) is 6.28. The highest BCUT2D eigenvalue weighted by Gasteiger charge is 2.09. The van der Waals surface area contributed by atoms with Crippen molar-refractivity contribution in [3.63, 3.8) is 0 Å². The van der Waals surface area contributed by atoms with Crippen molar-refractivity contribution in [1.29, 1.82) is 0 Å². The fraction of sp³-hybridized carbons (Fsp3) is 0.364. The van der Waals surface area contributed by atoms with Crippen LogP contribution in [0.5, 0.6) is 0 Å². The Labute approximate surface area is 99.0 Å². The molecule has 1 atom stereocenters. The minimum absolute atomic E-state index is 0.179. The lowest BCUT2D eigenvalue weighted by Gasteiger charge is -2.07. The van der Waals surface area contributed by atoms with Crippen LogP contribution in [-0.2, 0) is 4.74 Å². The molecule has 5 heteroatoms. The topological polar surface area (TPSA) is 72.5 Å². The van der Waals surface area contributed by atoms with E-state index in [1.54, 1.807) is 19.1 Å². The van der Waals surface area contributed by atoms with Gasteiger partial charge in [-0.25, -0.2) is 4.79 Å². The van der Waals surface area contributed by atoms with Crippen molar-refractivity contribution in [3.05, 3.63) is 28.8 Å². The van der Waals surface area contributed by atoms with Crippen molar-refractivity contribution in [2.75, 3.05) is 12.3 Å². The van der Waals surface area contributed by atoms with Gasteiger partial charge in [0.05, 0.1) is 29.0 Å². The Morgan fingerprint density at radius 1 is 1.62 bits per heavy atom. The maximum Gasteiger partial charge on any atom is 0.338 e. The van der Waals surface area contributed by atoms with Gasteiger partial charge in [-0.3, -0.25) is 0 Å². The van der Waals surface area contributed by atoms with Crippen LogP contribution in [0.2, 0.25) is 5.02 Å². The summed E-state index contributed by atoms with van der Waals surface area (Å²) in [5, 5.41) is 9.31. The predicted molar refractivity (Wildman–Crippen MR) is 62.4 cm³/mol. The molecule has 0 spiro atoms. The van der Waals surface area contributed by atoms with Crippen molar-refractivity contribution < 1.29 is 14.6 Å². The first-order valence-corrected chi connectivity index (χ1v) is 5.28. The van der Waals surface area contributed by atoms with E-state index in [1.165, 1.54) is 6.07 Å². The first kappa shape index (κ1) is 12.8. The van der Waals surface area contributed by atoms with Gasteiger partial charge in [-0.05, 0) is 25.1 Å². The second-order valence-electron chi connectivity index (χ2n) is 3.51. The highest BCUT2D eigenvalue weighted by molar-refractivity contribution is 6.33. The molecule has 0 saturated carbocycles. The highest BCUT2D eigenvalue weighted by Crippen LogP contribution is 2.20. The maximum atomic E-state index is 11.5. The SMILES string of the molecule is CC(O)CCOC(=O)c1ccc(N)c(Cl)c1. The number of aliphatic hydroxyl groups excluding tert-OH is 1. The Kier molecular flexibility index (Phi) is 4.58. The van der Waals surface area contributed by atoms with Gasteiger partial charge in [0, 0.05) is 6.42 Å². The number of ether oxygens (including phenoxy) is 1. The van der Waals surface area contributed by atoms with Crippen molar-refractivity contribution in [2.24, 2.45) is 0 Å². The maximum absolute atomic E-state index is 11.5. The summed E-state index contributed by atoms with van der Waals surface area (Å²) >= 11 is 5.77. The molecule has 1 unspecified atom stereocenters. The average Bonchev–Trinajstić information content (AvgIpc) is 2.21. The third kappa shape index (κ3) is 3.72. The number of carbonyl (C=O) groups is 1. The number of hydrogen-bond acceptors (Lipinski definition) is 4. The largest absolute Gasteiger partial charge is 0.462 e. The van der Waals surface area contributed by atoms with Crippen molar-refractivity contribution in [2.45, 2.75) is 19.4 Å². The van der Waals surface area contributed by atoms with E-state index < -0.39 is 12.1 Å². The molecule has 0 amide bonds. The Balaban J connectivity index is 2.56. The molecule has 16 heavy (non-hydrogen) atoms. The van der Waals surface area contributed by atoms with Crippen molar-refractivity contribution in [3.8, 4) is 0 Å². The molecule has 88 valence electrons. The number of rotatable bonds is 4. The van der Waals surface area contributed by atoms with Gasteiger partial charge in [0.15, 0.2) is 0 Å². The lowest BCUT2D eigenvalue weighted by Crippen LogP contribution is -2.11. The highest BCUT2D eigenvalue weighted by atomic mass is 35.5. The van der Waals surface area contributed by atoms with Crippen LogP contribution >= 0.6 is 11.6 Å². The zero-order valence-corrected chi connectivity index (χ0v) is 9.70. The summed E-state index contributed by atoms with van der Waals surface area (Å²) in [5.74, 6) is -0.470. The van der Waals surface area contributed by atoms with Gasteiger partial charge in [-0.1, -0.05) is 11.6 Å². The lowest BCUT2D eigenvalue weighted by atomic mass is 10.2. The third-order valence-corrected chi connectivity index (χ3v) is 2.33. The van der Waals surface area contributed by atoms with Crippen LogP contribution < -0.4 is 5.73 Å². The summed E-state index contributed by atoms with van der Waals surface area (Å²) in [7, 11) is 0. The van der Waals surface area contributed by atoms with Crippen LogP contribution in [0.25, 0.3) is 0 Å². The van der Waals surface area contributed by atoms with Gasteiger partial charge in [0.2, 0.25) is 0 Å². The van der Waals surface area contributed by atoms with Crippen LogP contribution in [0.1, 0.15) is 23.7 Å². The zero-order chi connectivity index (χ0) is 12.1. The van der Waals surface area contributed by atoms with E-state index in [9.17, 15) is 4.79 Å². The number of aliphatic hydroxyl groups is 1. The number of benzene rings is 1. The first-order chi connectivity index (χ1) is 7.50. The van der Waals surface area contributed by atoms with E-state index in [4.69, 9.17) is 27.2 Å². The molecule has 0 radical (unpaired) electrons. The summed E-state index contributed by atoms with van der Waals surface area (Å²) in [6.45, 7) is 1.81. The summed E-state index contributed by atoms with van der Waals surface area (Å²) in [6, 6.07) is 4.56. The molecule has 0 aliphatic heterocycles. The van der Waals surface area contributed by atoms with E-state index in [0.29, 0.717) is 22.7 Å². The first-order valence-electron chi connectivity index (χ1n) is 4.91. The predicted octanol–water partition coefficient (Wildman–Crippen LogP) is 1.85. The van der Waals surface area contributed by atoms with Crippen LogP contribution in [0.15, 0.2) is 18.2 Å². The molecule has 1 aromatic carbocycles. The Bertz CT molecular complexity index is 379. The van der Waals surface area contributed by atoms with Gasteiger partial charge in [0.25, 0.3) is 0 Å². The molecule has 0 aromatic heterocycles. The van der Waals surface area contributed by atoms with Gasteiger partial charge in [-0.2, -0.15) is 0 Å². The molecule has 1 aromatic rings. The lowest BCUT2D eigenvalue weighted by molar-refractivity contribution is 0.0444. The minimum atomic E-state index is -0.484. The number of carbonyl (C=O) groups excluding carboxylic acids is 1. The molecule has 0 heterocycles. The van der Waals surface area contributed by atoms with E-state index in [2.05, 4.69) is 0 Å². The molecule has 0 saturated heterocycles. The Morgan fingerprint density at radius 2 is 2.31 bits per heavy atom. The second kappa shape index (κ2) is 5.72. The third-order valence-electron chi connectivity index (χ3n) is 2.00. The number of hydrogen-bond donors (Lipinski definition) is 2. The van der Waals surface area contributed by atoms with E-state index >= 15 is 0 Å². The van der Waals surface area contributed by atoms with Crippen LogP contribution in [0, 0.1) is 0 Å². The van der Waals surface area contributed by atoms with Crippen molar-refractivity contribution >= 4 is 23.3 Å². The van der Waals surface area contributed by atoms with Crippen LogP contribution in [0.4, 0.5) is 5.69 Å². The average molecular weight is 244 g/mol. The molecular weight excluding hydrogens is 230 g/mol. The Morgan fingerprint density at radius 3 is 2.88 bits per heavy atom. The molecular formula is C11H14ClNO3. The minimum Gasteiger partial charge on any atom is -0.462 e. The normalized spacial score (nSPS) is 12.2. The number of nitrogens with two attached hydrogens (primary N) is 1. The second-order valence-corrected chi connectivity index (χ2v) is 3.92. The van der Waals surface area contributed by atoms with E-state index in [1.807, 2.05) is 0 Å². The van der Waals surface area contributed by atoms with Gasteiger partial charge >= 0.3 is 5.97 Å². The standard InChI is InChI=1S/C11H14ClNO3/c1-7(14)4-5-16-11(15)8-2-3-10(13)9(12)6-8/h2-3,6-7,14H,4-5,13H2,1H3. The molecule has 3 N–H and O–H groups in total. The number of esters is 1. The molecule has 4 nitrogen and oxygen atoms in total. The molecule has 0 aliphatic rings. The summed E-state index contributed by atoms with van der Waals surface area (Å²) in [6.07, 6.45) is -0.0724. The molecule has 0 fully saturated rings. The summed E-state index contributed by atoms with van der Waals surface area (Å²) in [4.78, 5) is 11.5.